The van der Waals surface area contributed by atoms with Crippen molar-refractivity contribution >= 4 is 15.9 Å². The predicted octanol–water partition coefficient (Wildman–Crippen LogP) is 3.59. The molecular weight excluding hydrogens is 370 g/mol. The summed E-state index contributed by atoms with van der Waals surface area (Å²) in [6.45, 7) is 0. The molecule has 0 aliphatic heterocycles. The summed E-state index contributed by atoms with van der Waals surface area (Å²) in [6, 6.07) is 9.61. The molecule has 1 aromatic heterocycles. The van der Waals surface area contributed by atoms with Gasteiger partial charge in [0.2, 0.25) is 5.88 Å². The normalized spacial score (nSPS) is 11.0. The van der Waals surface area contributed by atoms with Gasteiger partial charge in [-0.25, -0.2) is 18.1 Å². The summed E-state index contributed by atoms with van der Waals surface area (Å²) >= 11 is 3.30. The lowest BCUT2D eigenvalue weighted by Gasteiger charge is -2.06. The van der Waals surface area contributed by atoms with Crippen molar-refractivity contribution in [3.8, 4) is 22.8 Å². The van der Waals surface area contributed by atoms with Crippen LogP contribution >= 0.6 is 15.9 Å². The molecule has 3 aromatic rings. The SMILES string of the molecule is Cn1c(-c2ccc(Br)cc2)c(O)n(-c2cc(F)ccc2F)c1=O. The van der Waals surface area contributed by atoms with Crippen molar-refractivity contribution in [3.05, 3.63) is 69.1 Å². The number of hydrogen-bond donors (Lipinski definition) is 1. The molecule has 0 aliphatic rings. The van der Waals surface area contributed by atoms with Gasteiger partial charge in [-0.3, -0.25) is 4.57 Å². The zero-order valence-corrected chi connectivity index (χ0v) is 13.5. The molecule has 0 fully saturated rings. The molecule has 0 saturated carbocycles. The second kappa shape index (κ2) is 5.66. The fourth-order valence-electron chi connectivity index (χ4n) is 2.40. The van der Waals surface area contributed by atoms with Crippen LogP contribution in [0.1, 0.15) is 0 Å². The van der Waals surface area contributed by atoms with E-state index in [4.69, 9.17) is 0 Å². The number of rotatable bonds is 2. The molecular formula is C16H11BrF2N2O2. The minimum absolute atomic E-state index is 0.214. The quantitative estimate of drug-likeness (QED) is 0.738. The van der Waals surface area contributed by atoms with Crippen LogP contribution in [0.25, 0.3) is 16.9 Å². The molecule has 0 amide bonds. The van der Waals surface area contributed by atoms with Gasteiger partial charge < -0.3 is 5.11 Å². The molecule has 1 N–H and O–H groups in total. The van der Waals surface area contributed by atoms with E-state index in [1.807, 2.05) is 0 Å². The summed E-state index contributed by atoms with van der Waals surface area (Å²) < 4.78 is 30.1. The molecule has 0 saturated heterocycles. The van der Waals surface area contributed by atoms with Crippen molar-refractivity contribution < 1.29 is 13.9 Å². The first-order valence-electron chi connectivity index (χ1n) is 6.62. The zero-order chi connectivity index (χ0) is 16.7. The number of imidazole rings is 1. The van der Waals surface area contributed by atoms with E-state index in [1.165, 1.54) is 11.6 Å². The standard InChI is InChI=1S/C16H11BrF2N2O2/c1-20-14(9-2-4-10(17)5-3-9)15(22)21(16(20)23)13-8-11(18)6-7-12(13)19/h2-8,22H,1H3. The number of aromatic hydroxyl groups is 1. The lowest BCUT2D eigenvalue weighted by atomic mass is 10.1. The van der Waals surface area contributed by atoms with Crippen molar-refractivity contribution in [2.24, 2.45) is 7.05 Å². The highest BCUT2D eigenvalue weighted by Crippen LogP contribution is 2.31. The first kappa shape index (κ1) is 15.5. The zero-order valence-electron chi connectivity index (χ0n) is 11.9. The topological polar surface area (TPSA) is 47.2 Å². The summed E-state index contributed by atoms with van der Waals surface area (Å²) in [5.74, 6) is -1.97. The Labute approximate surface area is 138 Å². The molecule has 118 valence electrons. The number of halogens is 3. The van der Waals surface area contributed by atoms with Crippen molar-refractivity contribution in [3.63, 3.8) is 0 Å². The average Bonchev–Trinajstić information content (AvgIpc) is 2.73. The number of benzene rings is 2. The fraction of sp³-hybridized carbons (Fsp3) is 0.0625. The van der Waals surface area contributed by atoms with Crippen LogP contribution < -0.4 is 5.69 Å². The molecule has 0 bridgehead atoms. The molecule has 0 atom stereocenters. The smallest absolute Gasteiger partial charge is 0.336 e. The summed E-state index contributed by atoms with van der Waals surface area (Å²) in [5.41, 5.74) is -0.233. The van der Waals surface area contributed by atoms with E-state index < -0.39 is 23.2 Å². The van der Waals surface area contributed by atoms with E-state index in [2.05, 4.69) is 15.9 Å². The van der Waals surface area contributed by atoms with Crippen LogP contribution in [0.15, 0.2) is 51.7 Å². The van der Waals surface area contributed by atoms with Crippen molar-refractivity contribution in [2.75, 3.05) is 0 Å². The maximum Gasteiger partial charge on any atom is 0.336 e. The monoisotopic (exact) mass is 380 g/mol. The Kier molecular flexibility index (Phi) is 3.81. The first-order chi connectivity index (χ1) is 10.9. The fourth-order valence-corrected chi connectivity index (χ4v) is 2.66. The Morgan fingerprint density at radius 1 is 1.09 bits per heavy atom. The van der Waals surface area contributed by atoms with Crippen LogP contribution in [-0.4, -0.2) is 14.2 Å². The second-order valence-electron chi connectivity index (χ2n) is 4.95. The molecule has 7 heteroatoms. The van der Waals surface area contributed by atoms with Crippen LogP contribution in [0.3, 0.4) is 0 Å². The van der Waals surface area contributed by atoms with Crippen molar-refractivity contribution in [1.29, 1.82) is 0 Å². The summed E-state index contributed by atoms with van der Waals surface area (Å²) in [7, 11) is 1.45. The van der Waals surface area contributed by atoms with Crippen LogP contribution in [0.4, 0.5) is 8.78 Å². The third kappa shape index (κ3) is 2.57. The first-order valence-corrected chi connectivity index (χ1v) is 7.41. The van der Waals surface area contributed by atoms with Gasteiger partial charge >= 0.3 is 5.69 Å². The highest BCUT2D eigenvalue weighted by atomic mass is 79.9. The van der Waals surface area contributed by atoms with Gasteiger partial charge in [-0.15, -0.1) is 0 Å². The summed E-state index contributed by atoms with van der Waals surface area (Å²) in [4.78, 5) is 12.4. The number of nitrogens with zero attached hydrogens (tertiary/aromatic N) is 2. The van der Waals surface area contributed by atoms with E-state index in [9.17, 15) is 18.7 Å². The average molecular weight is 381 g/mol. The van der Waals surface area contributed by atoms with E-state index in [-0.39, 0.29) is 11.4 Å². The Bertz CT molecular complexity index is 946. The lowest BCUT2D eigenvalue weighted by molar-refractivity contribution is 0.439. The number of aromatic nitrogens is 2. The molecule has 23 heavy (non-hydrogen) atoms. The molecule has 0 unspecified atom stereocenters. The summed E-state index contributed by atoms with van der Waals surface area (Å²) in [6.07, 6.45) is 0. The van der Waals surface area contributed by atoms with Gasteiger partial charge in [-0.1, -0.05) is 28.1 Å². The van der Waals surface area contributed by atoms with Gasteiger partial charge in [0.25, 0.3) is 0 Å². The molecule has 1 heterocycles. The Morgan fingerprint density at radius 3 is 2.39 bits per heavy atom. The third-order valence-electron chi connectivity index (χ3n) is 3.50. The maximum atomic E-state index is 14.0. The highest BCUT2D eigenvalue weighted by molar-refractivity contribution is 9.10. The Hall–Kier alpha value is -2.41. The van der Waals surface area contributed by atoms with Crippen molar-refractivity contribution in [1.82, 2.24) is 9.13 Å². The maximum absolute atomic E-state index is 14.0. The lowest BCUT2D eigenvalue weighted by Crippen LogP contribution is -2.22. The minimum Gasteiger partial charge on any atom is -0.493 e. The van der Waals surface area contributed by atoms with Crippen LogP contribution in [-0.2, 0) is 7.05 Å². The van der Waals surface area contributed by atoms with Gasteiger partial charge in [0.1, 0.15) is 17.3 Å². The van der Waals surface area contributed by atoms with E-state index >= 15 is 0 Å². The molecule has 3 rings (SSSR count). The van der Waals surface area contributed by atoms with Gasteiger partial charge in [-0.2, -0.15) is 0 Å². The van der Waals surface area contributed by atoms with Crippen LogP contribution in [0.5, 0.6) is 5.88 Å². The molecule has 0 spiro atoms. The second-order valence-corrected chi connectivity index (χ2v) is 5.87. The van der Waals surface area contributed by atoms with E-state index in [0.717, 1.165) is 27.2 Å². The van der Waals surface area contributed by atoms with E-state index in [0.29, 0.717) is 5.56 Å². The van der Waals surface area contributed by atoms with Gasteiger partial charge in [-0.05, 0) is 24.3 Å². The van der Waals surface area contributed by atoms with Gasteiger partial charge in [0.15, 0.2) is 0 Å². The van der Waals surface area contributed by atoms with Crippen LogP contribution in [0.2, 0.25) is 0 Å². The molecule has 4 nitrogen and oxygen atoms in total. The number of hydrogen-bond acceptors (Lipinski definition) is 2. The largest absolute Gasteiger partial charge is 0.493 e. The molecule has 0 radical (unpaired) electrons. The molecule has 2 aromatic carbocycles. The van der Waals surface area contributed by atoms with Crippen LogP contribution in [0, 0.1) is 11.6 Å². The Morgan fingerprint density at radius 2 is 1.74 bits per heavy atom. The Balaban J connectivity index is 2.29. The minimum atomic E-state index is -0.809. The van der Waals surface area contributed by atoms with Gasteiger partial charge in [0, 0.05) is 23.2 Å². The predicted molar refractivity (Wildman–Crippen MR) is 85.7 cm³/mol. The highest BCUT2D eigenvalue weighted by Gasteiger charge is 2.22. The molecule has 0 aliphatic carbocycles. The van der Waals surface area contributed by atoms with E-state index in [1.54, 1.807) is 24.3 Å². The summed E-state index contributed by atoms with van der Waals surface area (Å²) in [5, 5.41) is 10.4. The van der Waals surface area contributed by atoms with Gasteiger partial charge in [0.05, 0.1) is 5.69 Å². The van der Waals surface area contributed by atoms with Crippen molar-refractivity contribution in [2.45, 2.75) is 0 Å². The third-order valence-corrected chi connectivity index (χ3v) is 4.03.